The predicted molar refractivity (Wildman–Crippen MR) is 92.2 cm³/mol. The van der Waals surface area contributed by atoms with Crippen LogP contribution in [0.5, 0.6) is 5.75 Å². The summed E-state index contributed by atoms with van der Waals surface area (Å²) in [5.74, 6) is 0.926. The van der Waals surface area contributed by atoms with Crippen molar-refractivity contribution in [3.05, 3.63) is 65.2 Å². The molecular formula is C19H26N2O. The fourth-order valence-electron chi connectivity index (χ4n) is 2.21. The number of likely N-dealkylation sites (N-methyl/N-ethyl adjacent to an activating group) is 1. The van der Waals surface area contributed by atoms with Crippen LogP contribution < -0.4 is 10.1 Å². The largest absolute Gasteiger partial charge is 0.489 e. The van der Waals surface area contributed by atoms with Gasteiger partial charge in [-0.1, -0.05) is 36.4 Å². The van der Waals surface area contributed by atoms with Crippen molar-refractivity contribution in [3.63, 3.8) is 0 Å². The lowest BCUT2D eigenvalue weighted by atomic mass is 10.1. The maximum atomic E-state index is 5.92. The molecular weight excluding hydrogens is 272 g/mol. The molecule has 0 heterocycles. The molecule has 0 radical (unpaired) electrons. The normalized spacial score (nSPS) is 10.9. The van der Waals surface area contributed by atoms with Crippen LogP contribution in [0.25, 0.3) is 0 Å². The molecule has 0 aliphatic heterocycles. The van der Waals surface area contributed by atoms with Gasteiger partial charge in [0, 0.05) is 19.6 Å². The van der Waals surface area contributed by atoms with Crippen LogP contribution in [-0.4, -0.2) is 32.1 Å². The van der Waals surface area contributed by atoms with Gasteiger partial charge in [0.25, 0.3) is 0 Å². The highest BCUT2D eigenvalue weighted by molar-refractivity contribution is 5.30. The van der Waals surface area contributed by atoms with Gasteiger partial charge in [0.05, 0.1) is 0 Å². The standard InChI is InChI=1S/C19H26N2O/c1-16-7-4-5-9-18(16)15-22-19-10-6-8-17(13-19)14-20-11-12-21(2)3/h4-10,13,20H,11-12,14-15H2,1-3H3. The number of hydrogen-bond donors (Lipinski definition) is 1. The molecule has 3 nitrogen and oxygen atoms in total. The Morgan fingerprint density at radius 2 is 1.86 bits per heavy atom. The Labute approximate surface area is 133 Å². The van der Waals surface area contributed by atoms with Gasteiger partial charge in [0.2, 0.25) is 0 Å². The van der Waals surface area contributed by atoms with Crippen molar-refractivity contribution in [1.82, 2.24) is 10.2 Å². The number of benzene rings is 2. The zero-order valence-corrected chi connectivity index (χ0v) is 13.8. The summed E-state index contributed by atoms with van der Waals surface area (Å²) < 4.78 is 5.92. The van der Waals surface area contributed by atoms with Gasteiger partial charge in [-0.15, -0.1) is 0 Å². The molecule has 0 aliphatic rings. The van der Waals surface area contributed by atoms with Crippen LogP contribution in [0.1, 0.15) is 16.7 Å². The summed E-state index contributed by atoms with van der Waals surface area (Å²) >= 11 is 0. The Balaban J connectivity index is 1.85. The lowest BCUT2D eigenvalue weighted by Gasteiger charge is -2.12. The van der Waals surface area contributed by atoms with Crippen molar-refractivity contribution in [2.24, 2.45) is 0 Å². The first-order valence-corrected chi connectivity index (χ1v) is 7.77. The summed E-state index contributed by atoms with van der Waals surface area (Å²) in [5, 5.41) is 3.45. The molecule has 0 bridgehead atoms. The second-order valence-electron chi connectivity index (χ2n) is 5.84. The summed E-state index contributed by atoms with van der Waals surface area (Å²) in [5.41, 5.74) is 3.75. The van der Waals surface area contributed by atoms with E-state index in [1.165, 1.54) is 16.7 Å². The zero-order chi connectivity index (χ0) is 15.8. The van der Waals surface area contributed by atoms with Crippen LogP contribution >= 0.6 is 0 Å². The molecule has 0 aliphatic carbocycles. The van der Waals surface area contributed by atoms with Crippen molar-refractivity contribution >= 4 is 0 Å². The highest BCUT2D eigenvalue weighted by Crippen LogP contribution is 2.16. The molecule has 0 saturated carbocycles. The third-order valence-electron chi connectivity index (χ3n) is 3.62. The third kappa shape index (κ3) is 5.51. The molecule has 1 N–H and O–H groups in total. The summed E-state index contributed by atoms with van der Waals surface area (Å²) in [7, 11) is 4.17. The van der Waals surface area contributed by atoms with Gasteiger partial charge in [-0.3, -0.25) is 0 Å². The molecule has 0 unspecified atom stereocenters. The molecule has 2 aromatic carbocycles. The second kappa shape index (κ2) is 8.57. The molecule has 0 spiro atoms. The van der Waals surface area contributed by atoms with Crippen LogP contribution in [0.2, 0.25) is 0 Å². The molecule has 0 saturated heterocycles. The summed E-state index contributed by atoms with van der Waals surface area (Å²) in [6.45, 7) is 5.63. The molecule has 3 heteroatoms. The maximum absolute atomic E-state index is 5.92. The van der Waals surface area contributed by atoms with Crippen molar-refractivity contribution in [2.75, 3.05) is 27.2 Å². The van der Waals surface area contributed by atoms with E-state index in [1.807, 2.05) is 6.07 Å². The van der Waals surface area contributed by atoms with E-state index in [-0.39, 0.29) is 0 Å². The topological polar surface area (TPSA) is 24.5 Å². The van der Waals surface area contributed by atoms with E-state index in [2.05, 4.69) is 73.7 Å². The predicted octanol–water partition coefficient (Wildman–Crippen LogP) is 3.23. The number of rotatable bonds is 8. The molecule has 22 heavy (non-hydrogen) atoms. The Kier molecular flexibility index (Phi) is 6.44. The molecule has 0 fully saturated rings. The van der Waals surface area contributed by atoms with Crippen LogP contribution in [0.15, 0.2) is 48.5 Å². The molecule has 2 aromatic rings. The lowest BCUT2D eigenvalue weighted by Crippen LogP contribution is -2.26. The second-order valence-corrected chi connectivity index (χ2v) is 5.84. The first-order chi connectivity index (χ1) is 10.6. The molecule has 0 aromatic heterocycles. The fourth-order valence-corrected chi connectivity index (χ4v) is 2.21. The summed E-state index contributed by atoms with van der Waals surface area (Å²) in [6.07, 6.45) is 0. The monoisotopic (exact) mass is 298 g/mol. The van der Waals surface area contributed by atoms with Crippen molar-refractivity contribution in [3.8, 4) is 5.75 Å². The Morgan fingerprint density at radius 3 is 2.64 bits per heavy atom. The van der Waals surface area contributed by atoms with Crippen LogP contribution in [0.3, 0.4) is 0 Å². The lowest BCUT2D eigenvalue weighted by molar-refractivity contribution is 0.305. The highest BCUT2D eigenvalue weighted by atomic mass is 16.5. The zero-order valence-electron chi connectivity index (χ0n) is 13.8. The van der Waals surface area contributed by atoms with Crippen LogP contribution in [0, 0.1) is 6.92 Å². The van der Waals surface area contributed by atoms with Gasteiger partial charge in [-0.2, -0.15) is 0 Å². The molecule has 0 atom stereocenters. The van der Waals surface area contributed by atoms with E-state index in [4.69, 9.17) is 4.74 Å². The molecule has 2 rings (SSSR count). The van der Waals surface area contributed by atoms with Gasteiger partial charge >= 0.3 is 0 Å². The minimum absolute atomic E-state index is 0.615. The van der Waals surface area contributed by atoms with E-state index in [0.29, 0.717) is 6.61 Å². The smallest absolute Gasteiger partial charge is 0.120 e. The minimum atomic E-state index is 0.615. The summed E-state index contributed by atoms with van der Waals surface area (Å²) in [4.78, 5) is 2.18. The third-order valence-corrected chi connectivity index (χ3v) is 3.62. The number of aryl methyl sites for hydroxylation is 1. The Bertz CT molecular complexity index is 581. The van der Waals surface area contributed by atoms with Gasteiger partial charge in [-0.05, 0) is 49.8 Å². The minimum Gasteiger partial charge on any atom is -0.489 e. The van der Waals surface area contributed by atoms with E-state index in [0.717, 1.165) is 25.4 Å². The van der Waals surface area contributed by atoms with Crippen molar-refractivity contribution in [1.29, 1.82) is 0 Å². The van der Waals surface area contributed by atoms with Gasteiger partial charge < -0.3 is 15.0 Å². The van der Waals surface area contributed by atoms with Crippen LogP contribution in [-0.2, 0) is 13.2 Å². The first kappa shape index (κ1) is 16.5. The Hall–Kier alpha value is -1.84. The van der Waals surface area contributed by atoms with E-state index >= 15 is 0 Å². The van der Waals surface area contributed by atoms with Crippen molar-refractivity contribution in [2.45, 2.75) is 20.1 Å². The number of nitrogens with zero attached hydrogens (tertiary/aromatic N) is 1. The SMILES string of the molecule is Cc1ccccc1COc1cccc(CNCCN(C)C)c1. The number of hydrogen-bond acceptors (Lipinski definition) is 3. The van der Waals surface area contributed by atoms with Gasteiger partial charge in [-0.25, -0.2) is 0 Å². The fraction of sp³-hybridized carbons (Fsp3) is 0.368. The number of nitrogens with one attached hydrogen (secondary N) is 1. The average molecular weight is 298 g/mol. The highest BCUT2D eigenvalue weighted by Gasteiger charge is 2.00. The van der Waals surface area contributed by atoms with E-state index in [1.54, 1.807) is 0 Å². The average Bonchev–Trinajstić information content (AvgIpc) is 2.51. The first-order valence-electron chi connectivity index (χ1n) is 7.77. The molecule has 118 valence electrons. The Morgan fingerprint density at radius 1 is 1.05 bits per heavy atom. The molecule has 0 amide bonds. The van der Waals surface area contributed by atoms with E-state index in [9.17, 15) is 0 Å². The van der Waals surface area contributed by atoms with Gasteiger partial charge in [0.15, 0.2) is 0 Å². The number of ether oxygens (including phenoxy) is 1. The van der Waals surface area contributed by atoms with Gasteiger partial charge in [0.1, 0.15) is 12.4 Å². The quantitative estimate of drug-likeness (QED) is 0.757. The van der Waals surface area contributed by atoms with E-state index < -0.39 is 0 Å². The van der Waals surface area contributed by atoms with Crippen molar-refractivity contribution < 1.29 is 4.74 Å². The van der Waals surface area contributed by atoms with Crippen LogP contribution in [0.4, 0.5) is 0 Å². The maximum Gasteiger partial charge on any atom is 0.120 e. The summed E-state index contributed by atoms with van der Waals surface area (Å²) in [6, 6.07) is 16.6.